The second kappa shape index (κ2) is 8.58. The number of alkyl halides is 1. The molecule has 3 aromatic rings. The number of rotatable bonds is 7. The number of ketones is 1. The molecule has 1 aromatic carbocycles. The van der Waals surface area contributed by atoms with Crippen molar-refractivity contribution in [2.75, 3.05) is 0 Å². The number of halogens is 1. The summed E-state index contributed by atoms with van der Waals surface area (Å²) >= 11 is 3.33. The van der Waals surface area contributed by atoms with E-state index in [0.29, 0.717) is 23.4 Å². The number of carbonyl (C=O) groups excluding carboxylic acids is 1. The lowest BCUT2D eigenvalue weighted by atomic mass is 10.2. The van der Waals surface area contributed by atoms with Crippen LogP contribution in [-0.2, 0) is 18.5 Å². The summed E-state index contributed by atoms with van der Waals surface area (Å²) < 4.78 is 6.97. The molecule has 0 amide bonds. The van der Waals surface area contributed by atoms with E-state index in [9.17, 15) is 9.59 Å². The Balaban J connectivity index is 1.65. The topological polar surface area (TPSA) is 61.2 Å². The van der Waals surface area contributed by atoms with Gasteiger partial charge in [0.25, 0.3) is 5.56 Å². The summed E-state index contributed by atoms with van der Waals surface area (Å²) in [5.41, 5.74) is 2.05. The summed E-state index contributed by atoms with van der Waals surface area (Å²) in [6, 6.07) is 16.3. The third-order valence-corrected chi connectivity index (χ3v) is 4.44. The molecule has 26 heavy (non-hydrogen) atoms. The van der Waals surface area contributed by atoms with E-state index >= 15 is 0 Å². The molecule has 0 unspecified atom stereocenters. The Bertz CT molecular complexity index is 937. The van der Waals surface area contributed by atoms with Gasteiger partial charge in [-0.05, 0) is 23.3 Å². The molecule has 132 valence electrons. The third-order valence-electron chi connectivity index (χ3n) is 3.79. The largest absolute Gasteiger partial charge is 0.489 e. The summed E-state index contributed by atoms with van der Waals surface area (Å²) in [7, 11) is 0. The second-order valence-electron chi connectivity index (χ2n) is 5.71. The molecule has 0 radical (unpaired) electrons. The molecule has 0 spiro atoms. The lowest BCUT2D eigenvalue weighted by molar-refractivity contribution is 0.0966. The normalized spacial score (nSPS) is 10.5. The van der Waals surface area contributed by atoms with Crippen molar-refractivity contribution in [3.05, 3.63) is 94.2 Å². The summed E-state index contributed by atoms with van der Waals surface area (Å²) in [5, 5.41) is 0.679. The van der Waals surface area contributed by atoms with Crippen molar-refractivity contribution in [2.24, 2.45) is 0 Å². The van der Waals surface area contributed by atoms with Gasteiger partial charge in [-0.1, -0.05) is 52.3 Å². The fourth-order valence-electron chi connectivity index (χ4n) is 2.36. The molecular formula is C20H17BrN2O3. The molecule has 0 saturated carbocycles. The van der Waals surface area contributed by atoms with Gasteiger partial charge in [-0.25, -0.2) is 0 Å². The van der Waals surface area contributed by atoms with E-state index in [1.54, 1.807) is 24.5 Å². The Kier molecular flexibility index (Phi) is 5.96. The Morgan fingerprint density at radius 3 is 2.54 bits per heavy atom. The zero-order valence-electron chi connectivity index (χ0n) is 14.0. The van der Waals surface area contributed by atoms with Crippen molar-refractivity contribution in [3.63, 3.8) is 0 Å². The molecule has 0 aliphatic carbocycles. The summed E-state index contributed by atoms with van der Waals surface area (Å²) in [6.07, 6.45) is 3.21. The second-order valence-corrected chi connectivity index (χ2v) is 6.27. The predicted molar refractivity (Wildman–Crippen MR) is 103 cm³/mol. The Morgan fingerprint density at radius 1 is 1.08 bits per heavy atom. The minimum Gasteiger partial charge on any atom is -0.489 e. The van der Waals surface area contributed by atoms with E-state index in [1.165, 1.54) is 10.6 Å². The van der Waals surface area contributed by atoms with Crippen molar-refractivity contribution in [1.82, 2.24) is 9.55 Å². The molecule has 2 aromatic heterocycles. The Labute approximate surface area is 159 Å². The molecule has 2 heterocycles. The quantitative estimate of drug-likeness (QED) is 0.439. The van der Waals surface area contributed by atoms with E-state index in [2.05, 4.69) is 20.9 Å². The van der Waals surface area contributed by atoms with Crippen LogP contribution in [0.15, 0.2) is 71.8 Å². The smallest absolute Gasteiger partial charge is 0.254 e. The van der Waals surface area contributed by atoms with Gasteiger partial charge in [0.1, 0.15) is 18.1 Å². The number of hydrogen-bond acceptors (Lipinski definition) is 4. The van der Waals surface area contributed by atoms with E-state index < -0.39 is 0 Å². The highest BCUT2D eigenvalue weighted by molar-refractivity contribution is 9.08. The van der Waals surface area contributed by atoms with Gasteiger partial charge in [0.15, 0.2) is 0 Å². The molecule has 3 rings (SSSR count). The molecule has 0 aliphatic rings. The highest BCUT2D eigenvalue weighted by atomic mass is 79.9. The molecule has 0 atom stereocenters. The van der Waals surface area contributed by atoms with Crippen LogP contribution in [0.25, 0.3) is 0 Å². The first-order valence-corrected chi connectivity index (χ1v) is 9.19. The standard InChI is InChI=1S/C20H17BrN2O3/c21-11-16-6-7-18(22-12-16)19(24)13-23-9-8-17(10-20(23)25)26-14-15-4-2-1-3-5-15/h1-10,12H,11,13-14H2. The predicted octanol–water partition coefficient (Wildman–Crippen LogP) is 3.60. The maximum Gasteiger partial charge on any atom is 0.254 e. The van der Waals surface area contributed by atoms with Gasteiger partial charge in [-0.15, -0.1) is 0 Å². The SMILES string of the molecule is O=C(Cn1ccc(OCc2ccccc2)cc1=O)c1ccc(CBr)cn1. The number of nitrogens with zero attached hydrogens (tertiary/aromatic N) is 2. The van der Waals surface area contributed by atoms with Gasteiger partial charge in [-0.3, -0.25) is 14.6 Å². The van der Waals surface area contributed by atoms with Crippen molar-refractivity contribution in [3.8, 4) is 5.75 Å². The molecule has 0 saturated heterocycles. The van der Waals surface area contributed by atoms with E-state index in [0.717, 1.165) is 11.1 Å². The Hall–Kier alpha value is -2.73. The van der Waals surface area contributed by atoms with Crippen molar-refractivity contribution >= 4 is 21.7 Å². The van der Waals surface area contributed by atoms with Crippen LogP contribution in [0.5, 0.6) is 5.75 Å². The van der Waals surface area contributed by atoms with Crippen LogP contribution in [0.3, 0.4) is 0 Å². The summed E-state index contributed by atoms with van der Waals surface area (Å²) in [6.45, 7) is 0.325. The highest BCUT2D eigenvalue weighted by Crippen LogP contribution is 2.10. The van der Waals surface area contributed by atoms with Crippen LogP contribution in [0.4, 0.5) is 0 Å². The average Bonchev–Trinajstić information content (AvgIpc) is 2.69. The van der Waals surface area contributed by atoms with Crippen LogP contribution in [-0.4, -0.2) is 15.3 Å². The number of benzene rings is 1. The molecule has 5 nitrogen and oxygen atoms in total. The third kappa shape index (κ3) is 4.67. The molecular weight excluding hydrogens is 396 g/mol. The minimum atomic E-state index is -0.291. The molecule has 0 aliphatic heterocycles. The number of aromatic nitrogens is 2. The van der Waals surface area contributed by atoms with Gasteiger partial charge < -0.3 is 9.30 Å². The number of Topliss-reactive ketones (excluding diaryl/α,β-unsaturated/α-hetero) is 1. The molecule has 0 bridgehead atoms. The maximum absolute atomic E-state index is 12.3. The molecule has 0 N–H and O–H groups in total. The van der Waals surface area contributed by atoms with Gasteiger partial charge in [0.2, 0.25) is 5.78 Å². The highest BCUT2D eigenvalue weighted by Gasteiger charge is 2.10. The first-order valence-electron chi connectivity index (χ1n) is 8.07. The van der Waals surface area contributed by atoms with Gasteiger partial charge >= 0.3 is 0 Å². The number of pyridine rings is 2. The van der Waals surface area contributed by atoms with Crippen LogP contribution >= 0.6 is 15.9 Å². The van der Waals surface area contributed by atoms with Crippen LogP contribution < -0.4 is 10.3 Å². The summed E-state index contributed by atoms with van der Waals surface area (Å²) in [5.74, 6) is 0.258. The number of ether oxygens (including phenoxy) is 1. The van der Waals surface area contributed by atoms with E-state index in [4.69, 9.17) is 4.74 Å². The van der Waals surface area contributed by atoms with E-state index in [-0.39, 0.29) is 17.9 Å². The zero-order valence-corrected chi connectivity index (χ0v) is 15.6. The van der Waals surface area contributed by atoms with Crippen LogP contribution in [0.2, 0.25) is 0 Å². The molecule has 0 fully saturated rings. The van der Waals surface area contributed by atoms with Crippen molar-refractivity contribution in [1.29, 1.82) is 0 Å². The monoisotopic (exact) mass is 412 g/mol. The first-order chi connectivity index (χ1) is 12.7. The van der Waals surface area contributed by atoms with E-state index in [1.807, 2.05) is 36.4 Å². The molecule has 6 heteroatoms. The Morgan fingerprint density at radius 2 is 1.88 bits per heavy atom. The van der Waals surface area contributed by atoms with Gasteiger partial charge in [0.05, 0.1) is 6.54 Å². The van der Waals surface area contributed by atoms with Gasteiger partial charge in [0, 0.05) is 23.8 Å². The van der Waals surface area contributed by atoms with Gasteiger partial charge in [-0.2, -0.15) is 0 Å². The first kappa shape index (κ1) is 18.1. The van der Waals surface area contributed by atoms with Crippen molar-refractivity contribution in [2.45, 2.75) is 18.5 Å². The lowest BCUT2D eigenvalue weighted by Gasteiger charge is -2.08. The zero-order chi connectivity index (χ0) is 18.4. The fourth-order valence-corrected chi connectivity index (χ4v) is 2.69. The average molecular weight is 413 g/mol. The van der Waals surface area contributed by atoms with Crippen LogP contribution in [0.1, 0.15) is 21.6 Å². The number of hydrogen-bond donors (Lipinski definition) is 0. The lowest BCUT2D eigenvalue weighted by Crippen LogP contribution is -2.23. The number of carbonyl (C=O) groups is 1. The minimum absolute atomic E-state index is 0.0571. The maximum atomic E-state index is 12.3. The summed E-state index contributed by atoms with van der Waals surface area (Å²) in [4.78, 5) is 28.7. The van der Waals surface area contributed by atoms with Crippen LogP contribution in [0, 0.1) is 0 Å². The fraction of sp³-hybridized carbons (Fsp3) is 0.150. The van der Waals surface area contributed by atoms with Crippen molar-refractivity contribution < 1.29 is 9.53 Å².